The third-order valence-electron chi connectivity index (χ3n) is 1.95. The number of hydrogen-bond donors (Lipinski definition) is 1. The molecule has 1 heterocycles. The van der Waals surface area contributed by atoms with E-state index in [9.17, 15) is 4.79 Å². The van der Waals surface area contributed by atoms with Crippen LogP contribution in [0.3, 0.4) is 0 Å². The van der Waals surface area contributed by atoms with Gasteiger partial charge in [-0.1, -0.05) is 16.4 Å². The van der Waals surface area contributed by atoms with E-state index in [2.05, 4.69) is 10.2 Å². The molecule has 1 aromatic carbocycles. The molecular weight excluding hydrogens is 244 g/mol. The van der Waals surface area contributed by atoms with Crippen molar-refractivity contribution >= 4 is 17.3 Å². The van der Waals surface area contributed by atoms with Crippen molar-refractivity contribution in [2.45, 2.75) is 0 Å². The van der Waals surface area contributed by atoms with Crippen molar-refractivity contribution < 1.29 is 19.4 Å². The summed E-state index contributed by atoms with van der Waals surface area (Å²) in [5.41, 5.74) is 1.63. The minimum absolute atomic E-state index is 0.116. The quantitative estimate of drug-likeness (QED) is 0.896. The van der Waals surface area contributed by atoms with Crippen LogP contribution in [-0.2, 0) is 0 Å². The Labute approximate surface area is 100 Å². The molecule has 0 radical (unpaired) electrons. The Morgan fingerprint density at radius 1 is 1.41 bits per heavy atom. The smallest absolute Gasteiger partial charge is 0.335 e. The molecule has 7 heteroatoms. The molecule has 1 N–H and O–H groups in total. The molecule has 0 aliphatic heterocycles. The molecule has 0 fully saturated rings. The zero-order valence-electron chi connectivity index (χ0n) is 8.78. The summed E-state index contributed by atoms with van der Waals surface area (Å²) >= 11 is 1.20. The monoisotopic (exact) mass is 252 g/mol. The molecule has 6 nitrogen and oxygen atoms in total. The number of benzene rings is 1. The number of carboxylic acid groups (broad SMARTS) is 1. The Hall–Kier alpha value is -2.15. The van der Waals surface area contributed by atoms with E-state index >= 15 is 0 Å². The van der Waals surface area contributed by atoms with Crippen molar-refractivity contribution in [1.29, 1.82) is 0 Å². The lowest BCUT2D eigenvalue weighted by Gasteiger charge is -2.08. The molecule has 0 aliphatic rings. The van der Waals surface area contributed by atoms with Gasteiger partial charge in [-0.3, -0.25) is 0 Å². The van der Waals surface area contributed by atoms with E-state index in [0.717, 1.165) is 0 Å². The van der Waals surface area contributed by atoms with Gasteiger partial charge in [0.1, 0.15) is 5.51 Å². The standard InChI is InChI=1S/C10H8N2O4S/c1-15-7-3-2-6(9(13)14)4-8(7)16-10-12-11-5-17-10/h2-5H,1H3,(H,13,14). The average Bonchev–Trinajstić information content (AvgIpc) is 2.81. The largest absolute Gasteiger partial charge is 0.493 e. The van der Waals surface area contributed by atoms with Crippen molar-refractivity contribution in [2.24, 2.45) is 0 Å². The zero-order chi connectivity index (χ0) is 12.3. The van der Waals surface area contributed by atoms with Crippen LogP contribution in [0.1, 0.15) is 10.4 Å². The van der Waals surface area contributed by atoms with Gasteiger partial charge in [-0.25, -0.2) is 4.79 Å². The number of carbonyl (C=O) groups is 1. The SMILES string of the molecule is COc1ccc(C(=O)O)cc1Oc1nncs1. The van der Waals surface area contributed by atoms with Crippen LogP contribution in [0.2, 0.25) is 0 Å². The number of aromatic nitrogens is 2. The first kappa shape index (κ1) is 11.3. The lowest BCUT2D eigenvalue weighted by molar-refractivity contribution is 0.0696. The van der Waals surface area contributed by atoms with Gasteiger partial charge in [-0.15, -0.1) is 5.10 Å². The molecule has 0 saturated carbocycles. The second-order valence-corrected chi connectivity index (χ2v) is 3.77. The van der Waals surface area contributed by atoms with Crippen molar-refractivity contribution in [2.75, 3.05) is 7.11 Å². The Morgan fingerprint density at radius 3 is 2.82 bits per heavy atom. The van der Waals surface area contributed by atoms with Gasteiger partial charge in [0.05, 0.1) is 12.7 Å². The first-order valence-electron chi connectivity index (χ1n) is 4.56. The van der Waals surface area contributed by atoms with Gasteiger partial charge < -0.3 is 14.6 Å². The van der Waals surface area contributed by atoms with Crippen LogP contribution < -0.4 is 9.47 Å². The van der Waals surface area contributed by atoms with Crippen LogP contribution in [0.4, 0.5) is 0 Å². The molecule has 0 unspecified atom stereocenters. The molecule has 0 spiro atoms. The highest BCUT2D eigenvalue weighted by atomic mass is 32.1. The summed E-state index contributed by atoms with van der Waals surface area (Å²) in [5, 5.41) is 16.5. The van der Waals surface area contributed by atoms with E-state index in [1.54, 1.807) is 0 Å². The number of hydrogen-bond acceptors (Lipinski definition) is 6. The van der Waals surface area contributed by atoms with Gasteiger partial charge in [0.2, 0.25) is 0 Å². The van der Waals surface area contributed by atoms with Crippen molar-refractivity contribution in [1.82, 2.24) is 10.2 Å². The first-order chi connectivity index (χ1) is 8.20. The predicted octanol–water partition coefficient (Wildman–Crippen LogP) is 2.04. The lowest BCUT2D eigenvalue weighted by atomic mass is 10.2. The average molecular weight is 252 g/mol. The van der Waals surface area contributed by atoms with E-state index in [1.165, 1.54) is 42.2 Å². The molecule has 0 saturated heterocycles. The highest BCUT2D eigenvalue weighted by Gasteiger charge is 2.12. The maximum absolute atomic E-state index is 10.8. The second-order valence-electron chi connectivity index (χ2n) is 2.98. The third-order valence-corrected chi connectivity index (χ3v) is 2.51. The maximum Gasteiger partial charge on any atom is 0.335 e. The number of aromatic carboxylic acids is 1. The predicted molar refractivity (Wildman–Crippen MR) is 59.9 cm³/mol. The summed E-state index contributed by atoms with van der Waals surface area (Å²) in [6.07, 6.45) is 0. The van der Waals surface area contributed by atoms with Gasteiger partial charge in [-0.2, -0.15) is 0 Å². The lowest BCUT2D eigenvalue weighted by Crippen LogP contribution is -1.98. The fourth-order valence-electron chi connectivity index (χ4n) is 1.19. The third kappa shape index (κ3) is 2.51. The van der Waals surface area contributed by atoms with E-state index in [-0.39, 0.29) is 5.56 Å². The Balaban J connectivity index is 2.35. The molecule has 0 bridgehead atoms. The number of rotatable bonds is 4. The van der Waals surface area contributed by atoms with Crippen molar-refractivity contribution in [3.63, 3.8) is 0 Å². The van der Waals surface area contributed by atoms with E-state index in [4.69, 9.17) is 14.6 Å². The van der Waals surface area contributed by atoms with Crippen LogP contribution >= 0.6 is 11.3 Å². The fourth-order valence-corrected chi connectivity index (χ4v) is 1.61. The molecule has 0 atom stereocenters. The van der Waals surface area contributed by atoms with E-state index in [1.807, 2.05) is 0 Å². The van der Waals surface area contributed by atoms with E-state index in [0.29, 0.717) is 16.7 Å². The molecule has 0 amide bonds. The molecule has 2 aromatic rings. The molecule has 0 aliphatic carbocycles. The van der Waals surface area contributed by atoms with Crippen LogP contribution in [0.5, 0.6) is 16.7 Å². The first-order valence-corrected chi connectivity index (χ1v) is 5.44. The number of carboxylic acids is 1. The van der Waals surface area contributed by atoms with Crippen molar-refractivity contribution in [3.05, 3.63) is 29.3 Å². The van der Waals surface area contributed by atoms with Crippen LogP contribution in [0.15, 0.2) is 23.7 Å². The fraction of sp³-hybridized carbons (Fsp3) is 0.100. The topological polar surface area (TPSA) is 81.5 Å². The van der Waals surface area contributed by atoms with Gasteiger partial charge in [0, 0.05) is 0 Å². The van der Waals surface area contributed by atoms with Gasteiger partial charge in [0.15, 0.2) is 11.5 Å². The van der Waals surface area contributed by atoms with Crippen molar-refractivity contribution in [3.8, 4) is 16.7 Å². The summed E-state index contributed by atoms with van der Waals surface area (Å²) in [6, 6.07) is 4.34. The van der Waals surface area contributed by atoms with Gasteiger partial charge >= 0.3 is 5.97 Å². The molecule has 17 heavy (non-hydrogen) atoms. The molecule has 1 aromatic heterocycles. The Morgan fingerprint density at radius 2 is 2.24 bits per heavy atom. The minimum atomic E-state index is -1.03. The summed E-state index contributed by atoms with van der Waals surface area (Å²) in [5.74, 6) is -0.302. The minimum Gasteiger partial charge on any atom is -0.493 e. The number of nitrogens with zero attached hydrogens (tertiary/aromatic N) is 2. The van der Waals surface area contributed by atoms with E-state index < -0.39 is 5.97 Å². The molecular formula is C10H8N2O4S. The Bertz CT molecular complexity index is 527. The molecule has 2 rings (SSSR count). The Kier molecular flexibility index (Phi) is 3.20. The summed E-state index contributed by atoms with van der Waals surface area (Å²) in [7, 11) is 1.47. The summed E-state index contributed by atoms with van der Waals surface area (Å²) in [4.78, 5) is 10.8. The highest BCUT2D eigenvalue weighted by molar-refractivity contribution is 7.11. The molecule has 88 valence electrons. The second kappa shape index (κ2) is 4.79. The normalized spacial score (nSPS) is 9.94. The van der Waals surface area contributed by atoms with Crippen LogP contribution in [0.25, 0.3) is 0 Å². The highest BCUT2D eigenvalue weighted by Crippen LogP contribution is 2.32. The zero-order valence-corrected chi connectivity index (χ0v) is 9.60. The van der Waals surface area contributed by atoms with Crippen LogP contribution in [-0.4, -0.2) is 28.4 Å². The summed E-state index contributed by atoms with van der Waals surface area (Å²) < 4.78 is 10.5. The summed E-state index contributed by atoms with van der Waals surface area (Å²) in [6.45, 7) is 0. The van der Waals surface area contributed by atoms with Gasteiger partial charge in [-0.05, 0) is 18.2 Å². The number of methoxy groups -OCH3 is 1. The van der Waals surface area contributed by atoms with Gasteiger partial charge in [0.25, 0.3) is 5.19 Å². The maximum atomic E-state index is 10.8. The number of ether oxygens (including phenoxy) is 2. The van der Waals surface area contributed by atoms with Crippen LogP contribution in [0, 0.1) is 0 Å².